The molecule has 0 spiro atoms. The fourth-order valence-corrected chi connectivity index (χ4v) is 4.38. The Hall–Kier alpha value is -4.47. The van der Waals surface area contributed by atoms with Gasteiger partial charge in [0.05, 0.1) is 29.9 Å². The summed E-state index contributed by atoms with van der Waals surface area (Å²) < 4.78 is 54.5. The van der Waals surface area contributed by atoms with Gasteiger partial charge in [0.2, 0.25) is 0 Å². The summed E-state index contributed by atoms with van der Waals surface area (Å²) >= 11 is 0. The van der Waals surface area contributed by atoms with Crippen molar-refractivity contribution in [2.24, 2.45) is 0 Å². The number of fused-ring (bicyclic) bond motifs is 1. The van der Waals surface area contributed by atoms with E-state index in [0.717, 1.165) is 30.0 Å². The van der Waals surface area contributed by atoms with Gasteiger partial charge in [0.25, 0.3) is 5.91 Å². The highest BCUT2D eigenvalue weighted by molar-refractivity contribution is 5.95. The molecule has 1 amide bonds. The molecule has 1 saturated heterocycles. The Morgan fingerprint density at radius 2 is 2.08 bits per heavy atom. The Morgan fingerprint density at radius 3 is 2.78 bits per heavy atom. The standard InChI is InChI=1S/C24H20F4N8O/c1-14(24(26,27)28)34-22(37)17-3-2-16(8-19(17)25)35-11-23(12-35,5-6-29)36-10-15(9-33-36)20-18-4-7-30-21(18)32-13-31-20/h2-4,7-10,13-14H,5,11-12H2,1H3,(H,34,37)(H,30,31,32). The first-order valence-corrected chi connectivity index (χ1v) is 11.2. The molecule has 4 heterocycles. The average Bonchev–Trinajstić information content (AvgIpc) is 3.50. The van der Waals surface area contributed by atoms with Crippen LogP contribution in [0.25, 0.3) is 22.3 Å². The Bertz CT molecular complexity index is 1510. The molecular weight excluding hydrogens is 492 g/mol. The number of H-pyrrole nitrogens is 1. The second-order valence-electron chi connectivity index (χ2n) is 8.95. The summed E-state index contributed by atoms with van der Waals surface area (Å²) in [5.74, 6) is -2.09. The van der Waals surface area contributed by atoms with Crippen LogP contribution in [0.2, 0.25) is 0 Å². The van der Waals surface area contributed by atoms with E-state index in [1.165, 1.54) is 12.4 Å². The number of amides is 1. The van der Waals surface area contributed by atoms with Gasteiger partial charge < -0.3 is 15.2 Å². The van der Waals surface area contributed by atoms with Crippen molar-refractivity contribution in [3.05, 3.63) is 60.6 Å². The predicted octanol–water partition coefficient (Wildman–Crippen LogP) is 3.77. The highest BCUT2D eigenvalue weighted by Gasteiger charge is 2.46. The van der Waals surface area contributed by atoms with Gasteiger partial charge in [-0.25, -0.2) is 14.4 Å². The van der Waals surface area contributed by atoms with E-state index in [0.29, 0.717) is 30.1 Å². The molecule has 13 heteroatoms. The number of benzene rings is 1. The van der Waals surface area contributed by atoms with Crippen molar-refractivity contribution in [1.29, 1.82) is 5.26 Å². The monoisotopic (exact) mass is 512 g/mol. The zero-order valence-corrected chi connectivity index (χ0v) is 19.4. The number of aromatic nitrogens is 5. The van der Waals surface area contributed by atoms with Crippen LogP contribution in [0.15, 0.2) is 49.2 Å². The van der Waals surface area contributed by atoms with Gasteiger partial charge in [0, 0.05) is 42.1 Å². The zero-order chi connectivity index (χ0) is 26.4. The maximum Gasteiger partial charge on any atom is 0.408 e. The summed E-state index contributed by atoms with van der Waals surface area (Å²) in [6.07, 6.45) is 2.18. The second kappa shape index (κ2) is 8.88. The van der Waals surface area contributed by atoms with E-state index >= 15 is 0 Å². The van der Waals surface area contributed by atoms with Crippen LogP contribution in [0, 0.1) is 17.1 Å². The molecule has 9 nitrogen and oxygen atoms in total. The summed E-state index contributed by atoms with van der Waals surface area (Å²) in [5, 5.41) is 16.5. The lowest BCUT2D eigenvalue weighted by molar-refractivity contribution is -0.149. The van der Waals surface area contributed by atoms with Crippen LogP contribution in [-0.4, -0.2) is 55.9 Å². The molecule has 1 aliphatic heterocycles. The number of nitriles is 1. The number of carbonyl (C=O) groups is 1. The van der Waals surface area contributed by atoms with Gasteiger partial charge >= 0.3 is 6.18 Å². The first-order valence-electron chi connectivity index (χ1n) is 11.2. The maximum absolute atomic E-state index is 14.7. The molecular formula is C24H20F4N8O. The van der Waals surface area contributed by atoms with Gasteiger partial charge in [0.1, 0.15) is 29.4 Å². The van der Waals surface area contributed by atoms with Crippen LogP contribution in [0.3, 0.4) is 0 Å². The van der Waals surface area contributed by atoms with E-state index in [1.807, 2.05) is 6.07 Å². The molecule has 190 valence electrons. The lowest BCUT2D eigenvalue weighted by atomic mass is 9.86. The molecule has 3 aromatic heterocycles. The van der Waals surface area contributed by atoms with E-state index in [2.05, 4.69) is 26.1 Å². The molecule has 0 saturated carbocycles. The fourth-order valence-electron chi connectivity index (χ4n) is 4.38. The fraction of sp³-hybridized carbons (Fsp3) is 0.292. The second-order valence-corrected chi connectivity index (χ2v) is 8.95. The first kappa shape index (κ1) is 24.2. The Kier molecular flexibility index (Phi) is 5.82. The van der Waals surface area contributed by atoms with E-state index in [9.17, 15) is 27.6 Å². The molecule has 0 aliphatic carbocycles. The molecule has 1 atom stereocenters. The lowest BCUT2D eigenvalue weighted by Crippen LogP contribution is -2.63. The van der Waals surface area contributed by atoms with Crippen LogP contribution in [-0.2, 0) is 5.54 Å². The van der Waals surface area contributed by atoms with E-state index in [1.54, 1.807) is 33.5 Å². The molecule has 1 aliphatic rings. The SMILES string of the molecule is CC(NC(=O)c1ccc(N2CC(CC#N)(n3cc(-c4ncnc5[nH]ccc45)cn3)C2)cc1F)C(F)(F)F. The lowest BCUT2D eigenvalue weighted by Gasteiger charge is -2.50. The van der Waals surface area contributed by atoms with Crippen molar-refractivity contribution in [3.63, 3.8) is 0 Å². The summed E-state index contributed by atoms with van der Waals surface area (Å²) in [4.78, 5) is 25.5. The largest absolute Gasteiger partial charge is 0.408 e. The van der Waals surface area contributed by atoms with Crippen molar-refractivity contribution in [1.82, 2.24) is 30.0 Å². The minimum absolute atomic E-state index is 0.145. The van der Waals surface area contributed by atoms with Crippen LogP contribution in [0.5, 0.6) is 0 Å². The minimum atomic E-state index is -4.64. The van der Waals surface area contributed by atoms with Gasteiger partial charge in [-0.1, -0.05) is 0 Å². The van der Waals surface area contributed by atoms with Crippen molar-refractivity contribution < 1.29 is 22.4 Å². The molecule has 37 heavy (non-hydrogen) atoms. The van der Waals surface area contributed by atoms with Crippen LogP contribution in [0.1, 0.15) is 23.7 Å². The van der Waals surface area contributed by atoms with E-state index in [4.69, 9.17) is 0 Å². The van der Waals surface area contributed by atoms with Crippen molar-refractivity contribution in [2.45, 2.75) is 31.1 Å². The molecule has 4 aromatic rings. The van der Waals surface area contributed by atoms with Gasteiger partial charge in [-0.15, -0.1) is 0 Å². The third-order valence-corrected chi connectivity index (χ3v) is 6.48. The number of nitrogens with zero attached hydrogens (tertiary/aromatic N) is 6. The number of anilines is 1. The normalized spacial score (nSPS) is 15.7. The number of rotatable bonds is 6. The van der Waals surface area contributed by atoms with Gasteiger partial charge in [-0.05, 0) is 31.2 Å². The number of hydrogen-bond donors (Lipinski definition) is 2. The van der Waals surface area contributed by atoms with Crippen LogP contribution in [0.4, 0.5) is 23.2 Å². The first-order chi connectivity index (χ1) is 17.6. The van der Waals surface area contributed by atoms with Crippen molar-refractivity contribution in [3.8, 4) is 17.3 Å². The third-order valence-electron chi connectivity index (χ3n) is 6.48. The number of nitrogens with one attached hydrogen (secondary N) is 2. The molecule has 2 N–H and O–H groups in total. The highest BCUT2D eigenvalue weighted by Crippen LogP contribution is 2.37. The summed E-state index contributed by atoms with van der Waals surface area (Å²) in [7, 11) is 0. The summed E-state index contributed by atoms with van der Waals surface area (Å²) in [6.45, 7) is 1.45. The number of aromatic amines is 1. The number of hydrogen-bond acceptors (Lipinski definition) is 6. The van der Waals surface area contributed by atoms with Gasteiger partial charge in [-0.2, -0.15) is 23.5 Å². The zero-order valence-electron chi connectivity index (χ0n) is 19.4. The maximum atomic E-state index is 14.7. The van der Waals surface area contributed by atoms with Gasteiger partial charge in [0.15, 0.2) is 0 Å². The molecule has 1 unspecified atom stereocenters. The molecule has 5 rings (SSSR count). The summed E-state index contributed by atoms with van der Waals surface area (Å²) in [5.41, 5.74) is 1.40. The molecule has 0 bridgehead atoms. The quantitative estimate of drug-likeness (QED) is 0.380. The molecule has 0 radical (unpaired) electrons. The van der Waals surface area contributed by atoms with Crippen molar-refractivity contribution >= 4 is 22.6 Å². The smallest absolute Gasteiger partial charge is 0.366 e. The highest BCUT2D eigenvalue weighted by atomic mass is 19.4. The molecule has 1 fully saturated rings. The predicted molar refractivity (Wildman–Crippen MR) is 125 cm³/mol. The van der Waals surface area contributed by atoms with Crippen molar-refractivity contribution in [2.75, 3.05) is 18.0 Å². The number of halogens is 4. The van der Waals surface area contributed by atoms with Gasteiger partial charge in [-0.3, -0.25) is 9.48 Å². The Balaban J connectivity index is 1.34. The average molecular weight is 512 g/mol. The van der Waals surface area contributed by atoms with Crippen LogP contribution < -0.4 is 10.2 Å². The van der Waals surface area contributed by atoms with E-state index in [-0.39, 0.29) is 6.42 Å². The minimum Gasteiger partial charge on any atom is -0.366 e. The number of carbonyl (C=O) groups excluding carboxylic acids is 1. The van der Waals surface area contributed by atoms with E-state index < -0.39 is 35.0 Å². The Labute approximate surface area is 207 Å². The Morgan fingerprint density at radius 1 is 1.30 bits per heavy atom. The number of alkyl halides is 3. The topological polar surface area (TPSA) is 116 Å². The summed E-state index contributed by atoms with van der Waals surface area (Å²) in [6, 6.07) is 5.64. The van der Waals surface area contributed by atoms with Crippen LogP contribution >= 0.6 is 0 Å². The third kappa shape index (κ3) is 4.35. The molecule has 1 aromatic carbocycles.